The highest BCUT2D eigenvalue weighted by Gasteiger charge is 2.16. The Morgan fingerprint density at radius 3 is 2.19 bits per heavy atom. The molecular weight excluding hydrogens is 294 g/mol. The van der Waals surface area contributed by atoms with Crippen LogP contribution in [0.1, 0.15) is 0 Å². The van der Waals surface area contributed by atoms with Gasteiger partial charge in [0.2, 0.25) is 10.0 Å². The van der Waals surface area contributed by atoms with Gasteiger partial charge in [-0.1, -0.05) is 0 Å². The summed E-state index contributed by atoms with van der Waals surface area (Å²) in [6.45, 7) is 2.44. The molecule has 0 amide bonds. The van der Waals surface area contributed by atoms with E-state index in [9.17, 15) is 8.42 Å². The van der Waals surface area contributed by atoms with E-state index >= 15 is 0 Å². The SMILES string of the molecule is CNS(=O)(=O)c1ccc(N(CCOC)CCOC)cc1N. The highest BCUT2D eigenvalue weighted by atomic mass is 32.2. The summed E-state index contributed by atoms with van der Waals surface area (Å²) < 4.78 is 36.0. The standard InChI is InChI=1S/C13H23N3O4S/c1-15-21(17,18)13-5-4-11(10-12(13)14)16(6-8-19-2)7-9-20-3/h4-5,10,15H,6-9,14H2,1-3H3. The van der Waals surface area contributed by atoms with Crippen molar-refractivity contribution < 1.29 is 17.9 Å². The van der Waals surface area contributed by atoms with Gasteiger partial charge in [-0.15, -0.1) is 0 Å². The Hall–Kier alpha value is -1.35. The van der Waals surface area contributed by atoms with Crippen LogP contribution in [0.25, 0.3) is 0 Å². The first kappa shape index (κ1) is 17.7. The van der Waals surface area contributed by atoms with E-state index in [1.165, 1.54) is 13.1 Å². The molecule has 0 spiro atoms. The lowest BCUT2D eigenvalue weighted by atomic mass is 10.2. The summed E-state index contributed by atoms with van der Waals surface area (Å²) in [5.41, 5.74) is 6.91. The summed E-state index contributed by atoms with van der Waals surface area (Å²) >= 11 is 0. The fourth-order valence-electron chi connectivity index (χ4n) is 1.86. The molecule has 120 valence electrons. The highest BCUT2D eigenvalue weighted by molar-refractivity contribution is 7.89. The zero-order chi connectivity index (χ0) is 15.9. The Morgan fingerprint density at radius 2 is 1.76 bits per heavy atom. The van der Waals surface area contributed by atoms with Gasteiger partial charge >= 0.3 is 0 Å². The molecular formula is C13H23N3O4S. The minimum atomic E-state index is -3.55. The van der Waals surface area contributed by atoms with Crippen molar-refractivity contribution in [2.24, 2.45) is 0 Å². The second-order valence-electron chi connectivity index (χ2n) is 4.40. The van der Waals surface area contributed by atoms with Gasteiger partial charge in [-0.05, 0) is 25.2 Å². The maximum atomic E-state index is 11.8. The molecule has 0 aliphatic rings. The van der Waals surface area contributed by atoms with Crippen LogP contribution in [0.4, 0.5) is 11.4 Å². The predicted octanol–water partition coefficient (Wildman–Crippen LogP) is 0.276. The highest BCUT2D eigenvalue weighted by Crippen LogP contribution is 2.24. The molecule has 1 rings (SSSR count). The minimum Gasteiger partial charge on any atom is -0.398 e. The van der Waals surface area contributed by atoms with Crippen molar-refractivity contribution in [1.82, 2.24) is 4.72 Å². The van der Waals surface area contributed by atoms with Gasteiger partial charge in [-0.3, -0.25) is 0 Å². The fraction of sp³-hybridized carbons (Fsp3) is 0.538. The number of nitrogen functional groups attached to an aromatic ring is 1. The van der Waals surface area contributed by atoms with Gasteiger partial charge in [-0.25, -0.2) is 13.1 Å². The number of anilines is 2. The van der Waals surface area contributed by atoms with Gasteiger partial charge < -0.3 is 20.1 Å². The number of nitrogens with two attached hydrogens (primary N) is 1. The molecule has 0 unspecified atom stereocenters. The van der Waals surface area contributed by atoms with Crippen LogP contribution in [0.2, 0.25) is 0 Å². The molecule has 0 saturated carbocycles. The summed E-state index contributed by atoms with van der Waals surface area (Å²) in [4.78, 5) is 2.10. The second-order valence-corrected chi connectivity index (χ2v) is 6.26. The van der Waals surface area contributed by atoms with Crippen LogP contribution in [0.15, 0.2) is 23.1 Å². The third-order valence-corrected chi connectivity index (χ3v) is 4.54. The molecule has 0 aromatic heterocycles. The lowest BCUT2D eigenvalue weighted by Crippen LogP contribution is -2.30. The number of benzene rings is 1. The van der Waals surface area contributed by atoms with Crippen LogP contribution < -0.4 is 15.4 Å². The topological polar surface area (TPSA) is 93.9 Å². The molecule has 0 aliphatic carbocycles. The average Bonchev–Trinajstić information content (AvgIpc) is 2.47. The number of nitrogens with zero attached hydrogens (tertiary/aromatic N) is 1. The number of methoxy groups -OCH3 is 2. The Morgan fingerprint density at radius 1 is 1.19 bits per heavy atom. The smallest absolute Gasteiger partial charge is 0.242 e. The van der Waals surface area contributed by atoms with Crippen molar-refractivity contribution in [3.63, 3.8) is 0 Å². The van der Waals surface area contributed by atoms with Crippen LogP contribution in [-0.2, 0) is 19.5 Å². The van der Waals surface area contributed by atoms with E-state index in [1.54, 1.807) is 26.4 Å². The van der Waals surface area contributed by atoms with Gasteiger partial charge in [0, 0.05) is 33.0 Å². The summed E-state index contributed by atoms with van der Waals surface area (Å²) in [6.07, 6.45) is 0. The quantitative estimate of drug-likeness (QED) is 0.635. The van der Waals surface area contributed by atoms with E-state index in [0.717, 1.165) is 5.69 Å². The molecule has 0 radical (unpaired) electrons. The number of rotatable bonds is 9. The zero-order valence-electron chi connectivity index (χ0n) is 12.6. The summed E-state index contributed by atoms with van der Waals surface area (Å²) in [6, 6.07) is 4.88. The number of nitrogens with one attached hydrogen (secondary N) is 1. The van der Waals surface area contributed by atoms with Gasteiger partial charge in [0.25, 0.3) is 0 Å². The van der Waals surface area contributed by atoms with Gasteiger partial charge in [0.1, 0.15) is 4.90 Å². The van der Waals surface area contributed by atoms with Crippen molar-refractivity contribution in [3.8, 4) is 0 Å². The van der Waals surface area contributed by atoms with E-state index in [-0.39, 0.29) is 10.6 Å². The monoisotopic (exact) mass is 317 g/mol. The first-order valence-electron chi connectivity index (χ1n) is 6.52. The van der Waals surface area contributed by atoms with Gasteiger partial charge in [-0.2, -0.15) is 0 Å². The Balaban J connectivity index is 3.02. The van der Waals surface area contributed by atoms with Crippen LogP contribution in [0.5, 0.6) is 0 Å². The predicted molar refractivity (Wildman–Crippen MR) is 83.1 cm³/mol. The van der Waals surface area contributed by atoms with Crippen molar-refractivity contribution in [2.45, 2.75) is 4.90 Å². The second kappa shape index (κ2) is 8.18. The van der Waals surface area contributed by atoms with Crippen molar-refractivity contribution in [2.75, 3.05) is 58.2 Å². The van der Waals surface area contributed by atoms with Crippen LogP contribution in [0.3, 0.4) is 0 Å². The molecule has 0 bridgehead atoms. The molecule has 0 aliphatic heterocycles. The Labute approximate surface area is 126 Å². The lowest BCUT2D eigenvalue weighted by molar-refractivity contribution is 0.190. The molecule has 21 heavy (non-hydrogen) atoms. The number of hydrogen-bond donors (Lipinski definition) is 2. The molecule has 0 heterocycles. The largest absolute Gasteiger partial charge is 0.398 e. The maximum absolute atomic E-state index is 11.8. The maximum Gasteiger partial charge on any atom is 0.242 e. The average molecular weight is 317 g/mol. The summed E-state index contributed by atoms with van der Waals surface area (Å²) in [7, 11) is 1.07. The van der Waals surface area contributed by atoms with Crippen LogP contribution in [0, 0.1) is 0 Å². The van der Waals surface area contributed by atoms with Crippen molar-refractivity contribution in [1.29, 1.82) is 0 Å². The minimum absolute atomic E-state index is 0.0761. The Bertz CT molecular complexity index is 540. The van der Waals surface area contributed by atoms with E-state index < -0.39 is 10.0 Å². The molecule has 8 heteroatoms. The molecule has 1 aromatic carbocycles. The van der Waals surface area contributed by atoms with E-state index in [0.29, 0.717) is 26.3 Å². The first-order chi connectivity index (χ1) is 9.96. The lowest BCUT2D eigenvalue weighted by Gasteiger charge is -2.25. The molecule has 1 aromatic rings. The van der Waals surface area contributed by atoms with Gasteiger partial charge in [0.05, 0.1) is 18.9 Å². The molecule has 7 nitrogen and oxygen atoms in total. The van der Waals surface area contributed by atoms with Gasteiger partial charge in [0.15, 0.2) is 0 Å². The Kier molecular flexibility index (Phi) is 6.90. The molecule has 0 saturated heterocycles. The van der Waals surface area contributed by atoms with E-state index in [2.05, 4.69) is 4.72 Å². The van der Waals surface area contributed by atoms with Crippen molar-refractivity contribution >= 4 is 21.4 Å². The van der Waals surface area contributed by atoms with E-state index in [4.69, 9.17) is 15.2 Å². The molecule has 0 atom stereocenters. The third kappa shape index (κ3) is 4.85. The zero-order valence-corrected chi connectivity index (χ0v) is 13.4. The number of hydrogen-bond acceptors (Lipinski definition) is 6. The molecule has 0 fully saturated rings. The van der Waals surface area contributed by atoms with Crippen LogP contribution in [-0.4, -0.2) is 56.0 Å². The fourth-order valence-corrected chi connectivity index (χ4v) is 2.70. The third-order valence-electron chi connectivity index (χ3n) is 3.05. The van der Waals surface area contributed by atoms with Crippen LogP contribution >= 0.6 is 0 Å². The normalized spacial score (nSPS) is 11.6. The number of ether oxygens (including phenoxy) is 2. The molecule has 3 N–H and O–H groups in total. The summed E-state index contributed by atoms with van der Waals surface area (Å²) in [5.74, 6) is 0. The summed E-state index contributed by atoms with van der Waals surface area (Å²) in [5, 5.41) is 0. The first-order valence-corrected chi connectivity index (χ1v) is 8.00. The van der Waals surface area contributed by atoms with Crippen molar-refractivity contribution in [3.05, 3.63) is 18.2 Å². The van der Waals surface area contributed by atoms with E-state index in [1.807, 2.05) is 4.90 Å². The number of sulfonamides is 1.